The smallest absolute Gasteiger partial charge is 0.275 e. The van der Waals surface area contributed by atoms with E-state index in [1.165, 1.54) is 11.3 Å². The molecular formula is C17H23N3OS. The monoisotopic (exact) mass is 317 g/mol. The number of hydrogen-bond acceptors (Lipinski definition) is 4. The van der Waals surface area contributed by atoms with Gasteiger partial charge in [0, 0.05) is 11.1 Å². The van der Waals surface area contributed by atoms with Crippen LogP contribution in [0.25, 0.3) is 0 Å². The highest BCUT2D eigenvalue weighted by Gasteiger charge is 2.15. The molecule has 3 N–H and O–H groups in total. The van der Waals surface area contributed by atoms with Crippen molar-refractivity contribution in [2.45, 2.75) is 46.1 Å². The Labute approximate surface area is 135 Å². The van der Waals surface area contributed by atoms with Gasteiger partial charge < -0.3 is 11.1 Å². The van der Waals surface area contributed by atoms with E-state index in [0.717, 1.165) is 41.1 Å². The van der Waals surface area contributed by atoms with Crippen molar-refractivity contribution in [3.05, 3.63) is 45.4 Å². The lowest BCUT2D eigenvalue weighted by atomic mass is 10.1. The number of nitrogens with zero attached hydrogens (tertiary/aromatic N) is 1. The summed E-state index contributed by atoms with van der Waals surface area (Å²) < 4.78 is 0. The van der Waals surface area contributed by atoms with Crippen molar-refractivity contribution in [2.75, 3.05) is 5.32 Å². The van der Waals surface area contributed by atoms with Crippen molar-refractivity contribution in [1.29, 1.82) is 0 Å². The van der Waals surface area contributed by atoms with Crippen LogP contribution in [0.5, 0.6) is 0 Å². The zero-order valence-corrected chi connectivity index (χ0v) is 14.2. The van der Waals surface area contributed by atoms with Gasteiger partial charge in [-0.3, -0.25) is 4.79 Å². The highest BCUT2D eigenvalue weighted by atomic mass is 32.1. The van der Waals surface area contributed by atoms with Gasteiger partial charge in [0.05, 0.1) is 6.04 Å². The van der Waals surface area contributed by atoms with E-state index in [1.54, 1.807) is 5.38 Å². The van der Waals surface area contributed by atoms with Crippen LogP contribution in [-0.2, 0) is 0 Å². The van der Waals surface area contributed by atoms with Crippen LogP contribution >= 0.6 is 11.3 Å². The normalized spacial score (nSPS) is 12.2. The molecule has 0 spiro atoms. The standard InChI is InChI=1S/C17H23N3OS/c1-4-5-6-14(18)17-20-15(10-22-17)16(21)19-13-8-11(2)7-12(3)9-13/h7-10,14H,4-6,18H2,1-3H3,(H,19,21). The lowest BCUT2D eigenvalue weighted by molar-refractivity contribution is 0.102. The molecule has 4 nitrogen and oxygen atoms in total. The number of nitrogens with two attached hydrogens (primary N) is 1. The van der Waals surface area contributed by atoms with Crippen molar-refractivity contribution < 1.29 is 4.79 Å². The third-order valence-corrected chi connectivity index (χ3v) is 4.40. The molecule has 0 saturated heterocycles. The van der Waals surface area contributed by atoms with Gasteiger partial charge in [0.25, 0.3) is 5.91 Å². The fourth-order valence-corrected chi connectivity index (χ4v) is 3.19. The number of aryl methyl sites for hydroxylation is 2. The van der Waals surface area contributed by atoms with E-state index < -0.39 is 0 Å². The van der Waals surface area contributed by atoms with Crippen molar-refractivity contribution >= 4 is 22.9 Å². The highest BCUT2D eigenvalue weighted by Crippen LogP contribution is 2.22. The largest absolute Gasteiger partial charge is 0.322 e. The van der Waals surface area contributed by atoms with Crippen molar-refractivity contribution in [3.8, 4) is 0 Å². The van der Waals surface area contributed by atoms with Gasteiger partial charge in [-0.25, -0.2) is 4.98 Å². The number of thiazole rings is 1. The first kappa shape index (κ1) is 16.6. The maximum Gasteiger partial charge on any atom is 0.275 e. The Morgan fingerprint density at radius 1 is 1.32 bits per heavy atom. The molecule has 0 aliphatic heterocycles. The van der Waals surface area contributed by atoms with Gasteiger partial charge in [-0.05, 0) is 43.5 Å². The van der Waals surface area contributed by atoms with E-state index in [0.29, 0.717) is 5.69 Å². The van der Waals surface area contributed by atoms with Gasteiger partial charge in [0.1, 0.15) is 10.7 Å². The summed E-state index contributed by atoms with van der Waals surface area (Å²) in [7, 11) is 0. The molecular weight excluding hydrogens is 294 g/mol. The quantitative estimate of drug-likeness (QED) is 0.839. The number of carbonyl (C=O) groups is 1. The van der Waals surface area contributed by atoms with Crippen LogP contribution in [-0.4, -0.2) is 10.9 Å². The minimum absolute atomic E-state index is 0.0762. The summed E-state index contributed by atoms with van der Waals surface area (Å²) in [5.41, 5.74) is 9.58. The molecule has 5 heteroatoms. The minimum Gasteiger partial charge on any atom is -0.322 e. The topological polar surface area (TPSA) is 68.0 Å². The van der Waals surface area contributed by atoms with Gasteiger partial charge >= 0.3 is 0 Å². The molecule has 118 valence electrons. The van der Waals surface area contributed by atoms with Gasteiger partial charge in [0.15, 0.2) is 0 Å². The Balaban J connectivity index is 2.05. The Bertz CT molecular complexity index is 631. The van der Waals surface area contributed by atoms with E-state index in [1.807, 2.05) is 26.0 Å². The number of nitrogens with one attached hydrogen (secondary N) is 1. The predicted octanol–water partition coefficient (Wildman–Crippen LogP) is 4.20. The molecule has 1 unspecified atom stereocenters. The lowest BCUT2D eigenvalue weighted by Gasteiger charge is -2.07. The summed E-state index contributed by atoms with van der Waals surface area (Å²) >= 11 is 1.46. The van der Waals surface area contributed by atoms with E-state index in [-0.39, 0.29) is 11.9 Å². The van der Waals surface area contributed by atoms with Crippen LogP contribution in [0.4, 0.5) is 5.69 Å². The molecule has 2 aromatic rings. The Kier molecular flexibility index (Phi) is 5.69. The lowest BCUT2D eigenvalue weighted by Crippen LogP contribution is -2.14. The molecule has 0 aliphatic carbocycles. The van der Waals surface area contributed by atoms with E-state index in [4.69, 9.17) is 5.73 Å². The fraction of sp³-hybridized carbons (Fsp3) is 0.412. The van der Waals surface area contributed by atoms with Crippen LogP contribution in [0, 0.1) is 13.8 Å². The molecule has 0 saturated carbocycles. The molecule has 0 radical (unpaired) electrons. The van der Waals surface area contributed by atoms with Crippen LogP contribution in [0.2, 0.25) is 0 Å². The van der Waals surface area contributed by atoms with Gasteiger partial charge in [-0.2, -0.15) is 0 Å². The average molecular weight is 317 g/mol. The molecule has 1 heterocycles. The van der Waals surface area contributed by atoms with E-state index >= 15 is 0 Å². The maximum absolute atomic E-state index is 12.3. The molecule has 0 bridgehead atoms. The number of unbranched alkanes of at least 4 members (excludes halogenated alkanes) is 1. The molecule has 2 rings (SSSR count). The van der Waals surface area contributed by atoms with Crippen LogP contribution in [0.1, 0.15) is 58.9 Å². The number of aromatic nitrogens is 1. The first-order valence-electron chi connectivity index (χ1n) is 7.60. The summed E-state index contributed by atoms with van der Waals surface area (Å²) in [5, 5.41) is 5.51. The molecule has 0 aliphatic rings. The van der Waals surface area contributed by atoms with Gasteiger partial charge in [-0.1, -0.05) is 25.8 Å². The molecule has 1 atom stereocenters. The summed E-state index contributed by atoms with van der Waals surface area (Å²) in [6.07, 6.45) is 3.09. The summed E-state index contributed by atoms with van der Waals surface area (Å²) in [5.74, 6) is -0.185. The van der Waals surface area contributed by atoms with Crippen LogP contribution in [0.3, 0.4) is 0 Å². The second-order valence-corrected chi connectivity index (χ2v) is 6.54. The van der Waals surface area contributed by atoms with Crippen molar-refractivity contribution in [3.63, 3.8) is 0 Å². The first-order chi connectivity index (χ1) is 10.5. The van der Waals surface area contributed by atoms with E-state index in [9.17, 15) is 4.79 Å². The first-order valence-corrected chi connectivity index (χ1v) is 8.48. The van der Waals surface area contributed by atoms with Gasteiger partial charge in [-0.15, -0.1) is 11.3 Å². The highest BCUT2D eigenvalue weighted by molar-refractivity contribution is 7.09. The second kappa shape index (κ2) is 7.51. The summed E-state index contributed by atoms with van der Waals surface area (Å²) in [4.78, 5) is 16.7. The molecule has 1 aromatic heterocycles. The van der Waals surface area contributed by atoms with Gasteiger partial charge in [0.2, 0.25) is 0 Å². The SMILES string of the molecule is CCCCC(N)c1nc(C(=O)Nc2cc(C)cc(C)c2)cs1. The number of hydrogen-bond donors (Lipinski definition) is 2. The summed E-state index contributed by atoms with van der Waals surface area (Å²) in [6, 6.07) is 5.90. The molecule has 1 aromatic carbocycles. The second-order valence-electron chi connectivity index (χ2n) is 5.65. The number of benzene rings is 1. The number of amides is 1. The summed E-state index contributed by atoms with van der Waals surface area (Å²) in [6.45, 7) is 6.16. The molecule has 22 heavy (non-hydrogen) atoms. The number of anilines is 1. The average Bonchev–Trinajstić information content (AvgIpc) is 2.93. The zero-order valence-electron chi connectivity index (χ0n) is 13.3. The zero-order chi connectivity index (χ0) is 16.1. The maximum atomic E-state index is 12.3. The predicted molar refractivity (Wildman–Crippen MR) is 92.4 cm³/mol. The molecule has 0 fully saturated rings. The Morgan fingerprint density at radius 2 is 2.00 bits per heavy atom. The van der Waals surface area contributed by atoms with Crippen LogP contribution in [0.15, 0.2) is 23.6 Å². The Morgan fingerprint density at radius 3 is 2.64 bits per heavy atom. The van der Waals surface area contributed by atoms with Crippen molar-refractivity contribution in [1.82, 2.24) is 4.98 Å². The minimum atomic E-state index is -0.185. The number of rotatable bonds is 6. The Hall–Kier alpha value is -1.72. The van der Waals surface area contributed by atoms with E-state index in [2.05, 4.69) is 23.3 Å². The third kappa shape index (κ3) is 4.39. The van der Waals surface area contributed by atoms with Crippen LogP contribution < -0.4 is 11.1 Å². The fourth-order valence-electron chi connectivity index (χ4n) is 2.35. The molecule has 1 amide bonds. The number of carbonyl (C=O) groups excluding carboxylic acids is 1. The van der Waals surface area contributed by atoms with Crippen molar-refractivity contribution in [2.24, 2.45) is 5.73 Å². The third-order valence-electron chi connectivity index (χ3n) is 3.42.